The lowest BCUT2D eigenvalue weighted by Gasteiger charge is -2.21. The number of hydrogen-bond acceptors (Lipinski definition) is 8. The van der Waals surface area contributed by atoms with E-state index in [-0.39, 0.29) is 36.7 Å². The number of fused-ring (bicyclic) bond motifs is 1. The van der Waals surface area contributed by atoms with E-state index in [1.807, 2.05) is 26.0 Å². The monoisotopic (exact) mass is 578 g/mol. The summed E-state index contributed by atoms with van der Waals surface area (Å²) in [6, 6.07) is 6.99. The maximum atomic E-state index is 13.3. The smallest absolute Gasteiger partial charge is 0.434 e. The van der Waals surface area contributed by atoms with Gasteiger partial charge in [0.15, 0.2) is 11.5 Å². The van der Waals surface area contributed by atoms with Crippen LogP contribution in [0, 0.1) is 0 Å². The molecule has 1 fully saturated rings. The van der Waals surface area contributed by atoms with E-state index in [4.69, 9.17) is 14.7 Å². The number of nitrogens with one attached hydrogen (secondary N) is 2. The van der Waals surface area contributed by atoms with Crippen LogP contribution >= 0.6 is 0 Å². The number of hydrogen-bond donors (Lipinski definition) is 2. The van der Waals surface area contributed by atoms with Gasteiger partial charge < -0.3 is 19.9 Å². The number of rotatable bonds is 8. The van der Waals surface area contributed by atoms with Crippen LogP contribution < -0.4 is 15.4 Å². The van der Waals surface area contributed by atoms with Crippen LogP contribution in [0.15, 0.2) is 36.8 Å². The number of nitrogens with zero attached hydrogens (tertiary/aromatic N) is 6. The zero-order valence-electron chi connectivity index (χ0n) is 23.3. The molecule has 1 aromatic carbocycles. The summed E-state index contributed by atoms with van der Waals surface area (Å²) in [5, 5.41) is 6.23. The van der Waals surface area contributed by atoms with Crippen molar-refractivity contribution >= 4 is 11.7 Å². The normalized spacial score (nSPS) is 15.0. The minimum Gasteiger partial charge on any atom is -0.480 e. The zero-order valence-corrected chi connectivity index (χ0v) is 23.3. The molecule has 3 aromatic heterocycles. The molecule has 0 spiro atoms. The van der Waals surface area contributed by atoms with Crippen LogP contribution in [-0.4, -0.2) is 42.5 Å². The molecule has 2 N–H and O–H groups in total. The third kappa shape index (κ3) is 5.38. The fourth-order valence-corrected chi connectivity index (χ4v) is 5.03. The van der Waals surface area contributed by atoms with Crippen molar-refractivity contribution in [1.29, 1.82) is 0 Å². The third-order valence-electron chi connectivity index (χ3n) is 7.36. The highest BCUT2D eigenvalue weighted by molar-refractivity contribution is 5.81. The van der Waals surface area contributed by atoms with Gasteiger partial charge >= 0.3 is 6.18 Å². The van der Waals surface area contributed by atoms with Crippen molar-refractivity contribution < 1.29 is 22.7 Å². The first-order valence-electron chi connectivity index (χ1n) is 13.7. The zero-order chi connectivity index (χ0) is 29.6. The summed E-state index contributed by atoms with van der Waals surface area (Å²) in [6.07, 6.45) is 0.134. The van der Waals surface area contributed by atoms with E-state index in [9.17, 15) is 18.0 Å². The molecule has 1 aliphatic carbocycles. The number of halogens is 3. The predicted molar refractivity (Wildman–Crippen MR) is 148 cm³/mol. The first-order chi connectivity index (χ1) is 20.1. The van der Waals surface area contributed by atoms with Crippen LogP contribution in [0.25, 0.3) is 22.8 Å². The Balaban J connectivity index is 1.30. The molecule has 1 aliphatic heterocycles. The number of methoxy groups -OCH3 is 1. The van der Waals surface area contributed by atoms with Crippen molar-refractivity contribution in [3.05, 3.63) is 65.0 Å². The second kappa shape index (κ2) is 10.7. The molecule has 2 aliphatic rings. The first kappa shape index (κ1) is 27.6. The Hall–Kier alpha value is -4.55. The Bertz CT molecular complexity index is 1650. The summed E-state index contributed by atoms with van der Waals surface area (Å²) in [7, 11) is 1.54. The van der Waals surface area contributed by atoms with Crippen LogP contribution in [0.4, 0.5) is 19.0 Å². The van der Waals surface area contributed by atoms with Gasteiger partial charge in [-0.2, -0.15) is 13.2 Å². The van der Waals surface area contributed by atoms with Gasteiger partial charge in [0.25, 0.3) is 0 Å². The number of carbonyl (C=O) groups excluding carboxylic acids is 1. The number of ether oxygens (including phenoxy) is 1. The maximum Gasteiger partial charge on any atom is 0.434 e. The van der Waals surface area contributed by atoms with Crippen LogP contribution in [-0.2, 0) is 30.5 Å². The van der Waals surface area contributed by atoms with E-state index in [1.54, 1.807) is 12.1 Å². The standard InChI is InChI=1S/C29H29F3N8O2/c1-15(2)40-13-21(29(30,31)32)38-27(40)18-6-4-16(5-7-18)11-34-25-19-12-33-22(41)10-20(19)37-26(39-25)23-24(17-8-9-17)35-14-36-28(23)42-3/h4-7,13-15,17H,8-12H2,1-3H3,(H,33,41)(H,34,37,39). The minimum atomic E-state index is -4.52. The van der Waals surface area contributed by atoms with Gasteiger partial charge in [-0.25, -0.2) is 24.9 Å². The van der Waals surface area contributed by atoms with Crippen LogP contribution in [0.2, 0.25) is 0 Å². The largest absolute Gasteiger partial charge is 0.480 e. The van der Waals surface area contributed by atoms with E-state index < -0.39 is 11.9 Å². The first-order valence-corrected chi connectivity index (χ1v) is 13.7. The highest BCUT2D eigenvalue weighted by atomic mass is 19.4. The van der Waals surface area contributed by atoms with Crippen molar-refractivity contribution in [3.8, 4) is 28.7 Å². The summed E-state index contributed by atoms with van der Waals surface area (Å²) < 4.78 is 47.1. The highest BCUT2D eigenvalue weighted by Crippen LogP contribution is 2.45. The number of imidazole rings is 1. The number of benzene rings is 1. The fraction of sp³-hybridized carbons (Fsp3) is 0.379. The van der Waals surface area contributed by atoms with Gasteiger partial charge in [-0.05, 0) is 32.3 Å². The Morgan fingerprint density at radius 1 is 1.12 bits per heavy atom. The van der Waals surface area contributed by atoms with Gasteiger partial charge in [0.2, 0.25) is 11.8 Å². The molecule has 0 atom stereocenters. The average Bonchev–Trinajstić information content (AvgIpc) is 3.71. The van der Waals surface area contributed by atoms with Crippen molar-refractivity contribution in [2.75, 3.05) is 12.4 Å². The second-order valence-corrected chi connectivity index (χ2v) is 10.7. The highest BCUT2D eigenvalue weighted by Gasteiger charge is 2.35. The number of anilines is 1. The van der Waals surface area contributed by atoms with Crippen molar-refractivity contribution in [2.45, 2.75) is 64.3 Å². The molecular weight excluding hydrogens is 549 g/mol. The molecule has 6 rings (SSSR count). The number of alkyl halides is 3. The molecule has 4 aromatic rings. The van der Waals surface area contributed by atoms with Crippen LogP contribution in [0.5, 0.6) is 5.88 Å². The molecular formula is C29H29F3N8O2. The molecule has 13 heteroatoms. The van der Waals surface area contributed by atoms with Gasteiger partial charge in [0.05, 0.1) is 24.9 Å². The number of aromatic nitrogens is 6. The molecule has 0 radical (unpaired) electrons. The molecule has 42 heavy (non-hydrogen) atoms. The van der Waals surface area contributed by atoms with Gasteiger partial charge in [-0.3, -0.25) is 4.79 Å². The molecule has 0 bridgehead atoms. The molecule has 1 amide bonds. The average molecular weight is 579 g/mol. The summed E-state index contributed by atoms with van der Waals surface area (Å²) >= 11 is 0. The van der Waals surface area contributed by atoms with Crippen molar-refractivity contribution in [3.63, 3.8) is 0 Å². The topological polar surface area (TPSA) is 120 Å². The molecule has 1 saturated carbocycles. The van der Waals surface area contributed by atoms with Crippen molar-refractivity contribution in [2.24, 2.45) is 0 Å². The van der Waals surface area contributed by atoms with E-state index in [2.05, 4.69) is 25.6 Å². The van der Waals surface area contributed by atoms with Crippen LogP contribution in [0.3, 0.4) is 0 Å². The Morgan fingerprint density at radius 3 is 2.55 bits per heavy atom. The van der Waals surface area contributed by atoms with Gasteiger partial charge in [0.1, 0.15) is 23.5 Å². The molecule has 10 nitrogen and oxygen atoms in total. The Kier molecular flexibility index (Phi) is 7.03. The molecule has 0 unspecified atom stereocenters. The SMILES string of the molecule is COc1ncnc(C2CC2)c1-c1nc2c(c(NCc3ccc(-c4nc(C(F)(F)F)cn4C(C)C)cc3)n1)CNC(=O)C2. The summed E-state index contributed by atoms with van der Waals surface area (Å²) in [5.41, 5.74) is 3.41. The summed E-state index contributed by atoms with van der Waals surface area (Å²) in [4.78, 5) is 34.5. The quantitative estimate of drug-likeness (QED) is 0.298. The molecule has 4 heterocycles. The summed E-state index contributed by atoms with van der Waals surface area (Å²) in [5.74, 6) is 1.75. The van der Waals surface area contributed by atoms with E-state index >= 15 is 0 Å². The van der Waals surface area contributed by atoms with Crippen LogP contribution in [0.1, 0.15) is 66.9 Å². The number of amides is 1. The fourth-order valence-electron chi connectivity index (χ4n) is 5.03. The van der Waals surface area contributed by atoms with E-state index in [0.717, 1.165) is 35.9 Å². The third-order valence-corrected chi connectivity index (χ3v) is 7.36. The van der Waals surface area contributed by atoms with E-state index in [1.165, 1.54) is 18.0 Å². The maximum absolute atomic E-state index is 13.3. The van der Waals surface area contributed by atoms with Crippen molar-refractivity contribution in [1.82, 2.24) is 34.8 Å². The molecule has 0 saturated heterocycles. The van der Waals surface area contributed by atoms with Gasteiger partial charge in [-0.15, -0.1) is 0 Å². The lowest BCUT2D eigenvalue weighted by molar-refractivity contribution is -0.141. The predicted octanol–water partition coefficient (Wildman–Crippen LogP) is 5.07. The Morgan fingerprint density at radius 2 is 1.88 bits per heavy atom. The minimum absolute atomic E-state index is 0.116. The number of carbonyl (C=O) groups is 1. The van der Waals surface area contributed by atoms with E-state index in [0.29, 0.717) is 40.9 Å². The lowest BCUT2D eigenvalue weighted by atomic mass is 10.1. The summed E-state index contributed by atoms with van der Waals surface area (Å²) in [6.45, 7) is 4.29. The second-order valence-electron chi connectivity index (χ2n) is 10.7. The lowest BCUT2D eigenvalue weighted by Crippen LogP contribution is -2.32. The molecule has 218 valence electrons. The van der Waals surface area contributed by atoms with Gasteiger partial charge in [0, 0.05) is 42.4 Å². The van der Waals surface area contributed by atoms with Gasteiger partial charge in [-0.1, -0.05) is 24.3 Å². The Labute approximate surface area is 239 Å².